The normalized spacial score (nSPS) is 24.4. The van der Waals surface area contributed by atoms with Crippen LogP contribution in [0, 0.1) is 11.3 Å². The number of hydrogen-bond acceptors (Lipinski definition) is 10. The second-order valence-electron chi connectivity index (χ2n) is 8.23. The van der Waals surface area contributed by atoms with Crippen LogP contribution in [-0.2, 0) is 14.2 Å². The summed E-state index contributed by atoms with van der Waals surface area (Å²) < 4.78 is 30.4. The van der Waals surface area contributed by atoms with E-state index >= 15 is 0 Å². The summed E-state index contributed by atoms with van der Waals surface area (Å²) in [7, 11) is 0. The molecule has 0 bridgehead atoms. The Labute approximate surface area is 199 Å². The van der Waals surface area contributed by atoms with E-state index in [1.165, 1.54) is 0 Å². The minimum Gasteiger partial charge on any atom is -0.486 e. The smallest absolute Gasteiger partial charge is 0.412 e. The van der Waals surface area contributed by atoms with Gasteiger partial charge in [0, 0.05) is 11.3 Å². The van der Waals surface area contributed by atoms with Gasteiger partial charge in [0.2, 0.25) is 0 Å². The number of nitrogens with zero attached hydrogens (tertiary/aromatic N) is 5. The molecule has 6 rings (SSSR count). The second kappa shape index (κ2) is 8.86. The van der Waals surface area contributed by atoms with E-state index in [4.69, 9.17) is 28.9 Å². The van der Waals surface area contributed by atoms with Crippen molar-refractivity contribution in [3.05, 3.63) is 48.0 Å². The third-order valence-corrected chi connectivity index (χ3v) is 6.09. The molecule has 3 aliphatic heterocycles. The zero-order valence-electron chi connectivity index (χ0n) is 18.4. The van der Waals surface area contributed by atoms with Crippen LogP contribution in [0.3, 0.4) is 0 Å². The largest absolute Gasteiger partial charge is 0.486 e. The first-order valence-electron chi connectivity index (χ1n) is 11.1. The lowest BCUT2D eigenvalue weighted by Gasteiger charge is -2.20. The number of tetrazole rings is 1. The molecule has 2 fully saturated rings. The predicted molar refractivity (Wildman–Crippen MR) is 118 cm³/mol. The van der Waals surface area contributed by atoms with Crippen molar-refractivity contribution in [2.75, 3.05) is 31.7 Å². The van der Waals surface area contributed by atoms with Crippen LogP contribution in [0.25, 0.3) is 11.4 Å². The van der Waals surface area contributed by atoms with E-state index in [0.29, 0.717) is 48.4 Å². The van der Waals surface area contributed by atoms with Crippen molar-refractivity contribution in [1.82, 2.24) is 20.2 Å². The second-order valence-corrected chi connectivity index (χ2v) is 8.23. The number of amides is 1. The first kappa shape index (κ1) is 21.3. The number of ether oxygens (including phenoxy) is 5. The Bertz CT molecular complexity index is 1310. The Morgan fingerprint density at radius 2 is 1.94 bits per heavy atom. The molecule has 4 heterocycles. The zero-order chi connectivity index (χ0) is 23.8. The molecule has 1 amide bonds. The van der Waals surface area contributed by atoms with E-state index in [2.05, 4.69) is 20.8 Å². The van der Waals surface area contributed by atoms with E-state index in [9.17, 15) is 4.79 Å². The van der Waals surface area contributed by atoms with Gasteiger partial charge in [-0.2, -0.15) is 5.26 Å². The summed E-state index contributed by atoms with van der Waals surface area (Å²) in [5.41, 5.74) is 1.67. The standard InChI is InChI=1S/C23H20N6O6/c24-10-13-2-1-3-15(8-13)25-23(30)35-19-12-34-20-16(11-33-21(19)20)29-22(26-27-28-29)14-4-5-17-18(9-14)32-7-6-31-17/h1-5,8-9,16,19-21H,6-7,11-12H2,(H,25,30). The number of nitriles is 1. The van der Waals surface area contributed by atoms with Crippen molar-refractivity contribution in [3.8, 4) is 29.0 Å². The van der Waals surface area contributed by atoms with Crippen LogP contribution in [0.2, 0.25) is 0 Å². The third-order valence-electron chi connectivity index (χ3n) is 6.09. The highest BCUT2D eigenvalue weighted by Crippen LogP contribution is 2.38. The number of nitrogens with one attached hydrogen (secondary N) is 1. The van der Waals surface area contributed by atoms with Gasteiger partial charge in [0.05, 0.1) is 24.8 Å². The molecule has 3 aliphatic rings. The summed E-state index contributed by atoms with van der Waals surface area (Å²) in [6.07, 6.45) is -2.11. The third kappa shape index (κ3) is 4.01. The number of rotatable bonds is 4. The molecule has 4 atom stereocenters. The number of anilines is 1. The first-order chi connectivity index (χ1) is 17.2. The Morgan fingerprint density at radius 3 is 2.83 bits per heavy atom. The monoisotopic (exact) mass is 476 g/mol. The maximum absolute atomic E-state index is 12.4. The Morgan fingerprint density at radius 1 is 1.09 bits per heavy atom. The van der Waals surface area contributed by atoms with Crippen molar-refractivity contribution in [1.29, 1.82) is 5.26 Å². The number of carbonyl (C=O) groups excluding carboxylic acids is 1. The van der Waals surface area contributed by atoms with Crippen molar-refractivity contribution in [2.24, 2.45) is 0 Å². The first-order valence-corrected chi connectivity index (χ1v) is 11.1. The molecule has 0 radical (unpaired) electrons. The minimum absolute atomic E-state index is 0.180. The van der Waals surface area contributed by atoms with Crippen molar-refractivity contribution >= 4 is 11.8 Å². The van der Waals surface area contributed by atoms with E-state index in [1.54, 1.807) is 28.9 Å². The maximum atomic E-state index is 12.4. The van der Waals surface area contributed by atoms with Gasteiger partial charge in [-0.15, -0.1) is 5.10 Å². The summed E-state index contributed by atoms with van der Waals surface area (Å²) in [6, 6.07) is 13.8. The lowest BCUT2D eigenvalue weighted by molar-refractivity contribution is 0.00774. The quantitative estimate of drug-likeness (QED) is 0.593. The van der Waals surface area contributed by atoms with Crippen LogP contribution in [-0.4, -0.2) is 71.0 Å². The summed E-state index contributed by atoms with van der Waals surface area (Å²) in [4.78, 5) is 12.4. The lowest BCUT2D eigenvalue weighted by Crippen LogP contribution is -2.35. The average Bonchev–Trinajstić information content (AvgIpc) is 3.61. The SMILES string of the molecule is N#Cc1cccc(NC(=O)OC2COC3C2OCC3n2nnnc2-c2ccc3c(c2)OCCO3)c1. The molecule has 1 N–H and O–H groups in total. The highest BCUT2D eigenvalue weighted by Gasteiger charge is 2.51. The van der Waals surface area contributed by atoms with Crippen LogP contribution in [0.5, 0.6) is 11.5 Å². The van der Waals surface area contributed by atoms with Gasteiger partial charge in [-0.1, -0.05) is 6.07 Å². The van der Waals surface area contributed by atoms with E-state index in [1.807, 2.05) is 24.3 Å². The molecule has 12 heteroatoms. The van der Waals surface area contributed by atoms with Gasteiger partial charge >= 0.3 is 6.09 Å². The fraction of sp³-hybridized carbons (Fsp3) is 0.348. The number of benzene rings is 2. The highest BCUT2D eigenvalue weighted by molar-refractivity contribution is 5.85. The molecule has 2 saturated heterocycles. The van der Waals surface area contributed by atoms with Crippen molar-refractivity contribution in [3.63, 3.8) is 0 Å². The van der Waals surface area contributed by atoms with Crippen LogP contribution in [0.4, 0.5) is 10.5 Å². The topological polar surface area (TPSA) is 143 Å². The molecule has 4 unspecified atom stereocenters. The molecule has 35 heavy (non-hydrogen) atoms. The molecule has 3 aromatic rings. The predicted octanol–water partition coefficient (Wildman–Crippen LogP) is 1.94. The Hall–Kier alpha value is -4.21. The van der Waals surface area contributed by atoms with Crippen molar-refractivity contribution in [2.45, 2.75) is 24.4 Å². The molecule has 12 nitrogen and oxygen atoms in total. The summed E-state index contributed by atoms with van der Waals surface area (Å²) in [5.74, 6) is 1.86. The molecule has 178 valence electrons. The van der Waals surface area contributed by atoms with Crippen molar-refractivity contribution < 1.29 is 28.5 Å². The minimum atomic E-state index is -0.652. The number of aromatic nitrogens is 4. The maximum Gasteiger partial charge on any atom is 0.412 e. The zero-order valence-corrected chi connectivity index (χ0v) is 18.4. The Kier molecular flexibility index (Phi) is 5.40. The molecule has 2 aromatic carbocycles. The summed E-state index contributed by atoms with van der Waals surface area (Å²) in [5, 5.41) is 23.9. The molecular formula is C23H20N6O6. The van der Waals surface area contributed by atoms with Gasteiger partial charge in [0.25, 0.3) is 0 Å². The lowest BCUT2D eigenvalue weighted by atomic mass is 10.1. The highest BCUT2D eigenvalue weighted by atomic mass is 16.6. The molecule has 1 aromatic heterocycles. The number of hydrogen-bond donors (Lipinski definition) is 1. The van der Waals surface area contributed by atoms with Crippen LogP contribution in [0.1, 0.15) is 11.6 Å². The van der Waals surface area contributed by atoms with Gasteiger partial charge in [-0.3, -0.25) is 5.32 Å². The molecule has 0 spiro atoms. The average molecular weight is 476 g/mol. The number of carbonyl (C=O) groups is 1. The fourth-order valence-electron chi connectivity index (χ4n) is 4.50. The van der Waals surface area contributed by atoms with E-state index < -0.39 is 24.4 Å². The van der Waals surface area contributed by atoms with Crippen LogP contribution < -0.4 is 14.8 Å². The summed E-state index contributed by atoms with van der Waals surface area (Å²) in [6.45, 7) is 1.47. The number of fused-ring (bicyclic) bond motifs is 2. The van der Waals surface area contributed by atoms with Crippen LogP contribution in [0.15, 0.2) is 42.5 Å². The fourth-order valence-corrected chi connectivity index (χ4v) is 4.50. The molecule has 0 saturated carbocycles. The summed E-state index contributed by atoms with van der Waals surface area (Å²) >= 11 is 0. The van der Waals surface area contributed by atoms with Gasteiger partial charge in [-0.05, 0) is 46.8 Å². The molecular weight excluding hydrogens is 456 g/mol. The van der Waals surface area contributed by atoms with E-state index in [-0.39, 0.29) is 12.6 Å². The van der Waals surface area contributed by atoms with Gasteiger partial charge < -0.3 is 23.7 Å². The van der Waals surface area contributed by atoms with Crippen LogP contribution >= 0.6 is 0 Å². The van der Waals surface area contributed by atoms with Gasteiger partial charge in [0.15, 0.2) is 23.4 Å². The Balaban J connectivity index is 1.15. The van der Waals surface area contributed by atoms with Gasteiger partial charge in [-0.25, -0.2) is 9.48 Å². The molecule has 0 aliphatic carbocycles. The van der Waals surface area contributed by atoms with E-state index in [0.717, 1.165) is 5.56 Å². The van der Waals surface area contributed by atoms with Gasteiger partial charge in [0.1, 0.15) is 31.5 Å².